The van der Waals surface area contributed by atoms with Crippen LogP contribution in [0.5, 0.6) is 0 Å². The Kier molecular flexibility index (Phi) is 5.42. The van der Waals surface area contributed by atoms with Crippen molar-refractivity contribution < 1.29 is 4.42 Å². The summed E-state index contributed by atoms with van der Waals surface area (Å²) in [4.78, 5) is 14.4. The van der Waals surface area contributed by atoms with Crippen molar-refractivity contribution in [2.45, 2.75) is 0 Å². The largest absolute Gasteiger partial charge is 0.436 e. The van der Waals surface area contributed by atoms with Crippen molar-refractivity contribution >= 4 is 32.9 Å². The zero-order valence-electron chi connectivity index (χ0n) is 22.0. The molecule has 4 nitrogen and oxygen atoms in total. The molecule has 2 heterocycles. The van der Waals surface area contributed by atoms with E-state index in [2.05, 4.69) is 84.9 Å². The van der Waals surface area contributed by atoms with Crippen LogP contribution in [0.1, 0.15) is 0 Å². The number of rotatable bonds is 4. The summed E-state index contributed by atoms with van der Waals surface area (Å²) in [6, 6.07) is 44.0. The Morgan fingerprint density at radius 2 is 1.10 bits per heavy atom. The molecule has 0 N–H and O–H groups in total. The summed E-state index contributed by atoms with van der Waals surface area (Å²) < 4.78 is 6.25. The maximum Gasteiger partial charge on any atom is 0.227 e. The summed E-state index contributed by atoms with van der Waals surface area (Å²) in [6.45, 7) is 0. The second-order valence-corrected chi connectivity index (χ2v) is 10.1. The van der Waals surface area contributed by atoms with Crippen LogP contribution in [0.2, 0.25) is 0 Å². The van der Waals surface area contributed by atoms with E-state index in [1.165, 1.54) is 10.8 Å². The first kappa shape index (κ1) is 23.3. The lowest BCUT2D eigenvalue weighted by Crippen LogP contribution is -1.92. The molecule has 0 radical (unpaired) electrons. The highest BCUT2D eigenvalue weighted by Gasteiger charge is 2.17. The lowest BCUT2D eigenvalue weighted by atomic mass is 9.91. The predicted molar refractivity (Wildman–Crippen MR) is 166 cm³/mol. The number of para-hydroxylation sites is 2. The predicted octanol–water partition coefficient (Wildman–Crippen LogP) is 9.59. The topological polar surface area (TPSA) is 51.8 Å². The van der Waals surface area contributed by atoms with Crippen molar-refractivity contribution in [3.05, 3.63) is 140 Å². The van der Waals surface area contributed by atoms with Gasteiger partial charge in [0.05, 0.1) is 11.0 Å². The number of nitrogens with zero attached hydrogens (tertiary/aromatic N) is 3. The van der Waals surface area contributed by atoms with E-state index in [4.69, 9.17) is 19.4 Å². The molecule has 4 heteroatoms. The molecule has 0 aliphatic heterocycles. The first-order valence-corrected chi connectivity index (χ1v) is 13.6. The van der Waals surface area contributed by atoms with Gasteiger partial charge in [-0.15, -0.1) is 0 Å². The third-order valence-electron chi connectivity index (χ3n) is 7.60. The van der Waals surface area contributed by atoms with Gasteiger partial charge in [0, 0.05) is 29.1 Å². The van der Waals surface area contributed by atoms with Gasteiger partial charge in [-0.3, -0.25) is 9.97 Å². The highest BCUT2D eigenvalue weighted by molar-refractivity contribution is 6.03. The molecule has 6 aromatic carbocycles. The van der Waals surface area contributed by atoms with Gasteiger partial charge in [0.2, 0.25) is 5.89 Å². The smallest absolute Gasteiger partial charge is 0.227 e. The van der Waals surface area contributed by atoms with E-state index in [1.807, 2.05) is 42.5 Å². The monoisotopic (exact) mass is 525 g/mol. The van der Waals surface area contributed by atoms with E-state index in [-0.39, 0.29) is 0 Å². The minimum absolute atomic E-state index is 0.589. The van der Waals surface area contributed by atoms with Gasteiger partial charge in [-0.25, -0.2) is 4.98 Å². The molecule has 0 spiro atoms. The van der Waals surface area contributed by atoms with Gasteiger partial charge >= 0.3 is 0 Å². The molecule has 2 aromatic heterocycles. The van der Waals surface area contributed by atoms with Crippen LogP contribution in [0.4, 0.5) is 0 Å². The van der Waals surface area contributed by atoms with Crippen LogP contribution in [-0.2, 0) is 0 Å². The molecule has 0 unspecified atom stereocenters. The molecule has 0 amide bonds. The molecule has 0 atom stereocenters. The number of fused-ring (bicyclic) bond motifs is 3. The lowest BCUT2D eigenvalue weighted by Gasteiger charge is -2.14. The summed E-state index contributed by atoms with van der Waals surface area (Å²) in [6.07, 6.45) is 3.52. The Bertz CT molecular complexity index is 2180. The van der Waals surface area contributed by atoms with Gasteiger partial charge in [0.1, 0.15) is 5.52 Å². The first-order valence-electron chi connectivity index (χ1n) is 13.6. The van der Waals surface area contributed by atoms with E-state index in [0.717, 1.165) is 61.1 Å². The van der Waals surface area contributed by atoms with E-state index in [0.29, 0.717) is 5.89 Å². The zero-order valence-corrected chi connectivity index (χ0v) is 22.0. The van der Waals surface area contributed by atoms with Gasteiger partial charge in [-0.2, -0.15) is 0 Å². The number of hydrogen-bond acceptors (Lipinski definition) is 4. The van der Waals surface area contributed by atoms with Gasteiger partial charge in [-0.1, -0.05) is 97.1 Å². The van der Waals surface area contributed by atoms with Gasteiger partial charge in [0.15, 0.2) is 5.58 Å². The van der Waals surface area contributed by atoms with Crippen molar-refractivity contribution in [1.82, 2.24) is 15.0 Å². The fourth-order valence-corrected chi connectivity index (χ4v) is 5.68. The maximum atomic E-state index is 6.25. The van der Waals surface area contributed by atoms with Crippen molar-refractivity contribution in [3.63, 3.8) is 0 Å². The summed E-state index contributed by atoms with van der Waals surface area (Å²) >= 11 is 0. The highest BCUT2D eigenvalue weighted by atomic mass is 16.3. The number of hydrogen-bond donors (Lipinski definition) is 0. The van der Waals surface area contributed by atoms with E-state index >= 15 is 0 Å². The molecule has 0 bridgehead atoms. The minimum atomic E-state index is 0.589. The lowest BCUT2D eigenvalue weighted by molar-refractivity contribution is 0.620. The third-order valence-corrected chi connectivity index (χ3v) is 7.60. The van der Waals surface area contributed by atoms with Gasteiger partial charge in [-0.05, 0) is 63.4 Å². The molecule has 0 fully saturated rings. The zero-order chi connectivity index (χ0) is 27.2. The Morgan fingerprint density at radius 1 is 0.463 bits per heavy atom. The molecule has 0 saturated heterocycles. The fourth-order valence-electron chi connectivity index (χ4n) is 5.68. The van der Waals surface area contributed by atoms with E-state index in [9.17, 15) is 0 Å². The van der Waals surface area contributed by atoms with Crippen LogP contribution in [-0.4, -0.2) is 15.0 Å². The molecule has 0 aliphatic carbocycles. The number of oxazole rings is 1. The average molecular weight is 526 g/mol. The fraction of sp³-hybridized carbons (Fsp3) is 0. The molecule has 8 aromatic rings. The first-order chi connectivity index (χ1) is 20.3. The molecule has 0 saturated carbocycles. The molecule has 8 rings (SSSR count). The summed E-state index contributed by atoms with van der Waals surface area (Å²) in [5.41, 5.74) is 10.7. The second-order valence-electron chi connectivity index (χ2n) is 10.1. The average Bonchev–Trinajstić information content (AvgIpc) is 3.49. The quantitative estimate of drug-likeness (QED) is 0.230. The van der Waals surface area contributed by atoms with Crippen LogP contribution in [0.25, 0.3) is 77.7 Å². The maximum absolute atomic E-state index is 6.25. The molecule has 192 valence electrons. The van der Waals surface area contributed by atoms with Crippen molar-refractivity contribution in [2.24, 2.45) is 0 Å². The van der Waals surface area contributed by atoms with Crippen LogP contribution in [0.3, 0.4) is 0 Å². The highest BCUT2D eigenvalue weighted by Crippen LogP contribution is 2.39. The Morgan fingerprint density at radius 3 is 1.90 bits per heavy atom. The summed E-state index contributed by atoms with van der Waals surface area (Å²) in [7, 11) is 0. The summed E-state index contributed by atoms with van der Waals surface area (Å²) in [5.74, 6) is 0.589. The second kappa shape index (κ2) is 9.54. The molecule has 0 aliphatic rings. The summed E-state index contributed by atoms with van der Waals surface area (Å²) in [5, 5.41) is 2.39. The Hall–Kier alpha value is -5.61. The number of aromatic nitrogens is 3. The van der Waals surface area contributed by atoms with Crippen LogP contribution >= 0.6 is 0 Å². The molecular formula is C37H23N3O. The molecular weight excluding hydrogens is 502 g/mol. The number of benzene rings is 6. The SMILES string of the molecule is c1ccc(-c2ccc(-c3cc(-c4nc5ccccc5o4)cc(-c4cccc5ccccc45)c3)c3nccnc23)cc1. The standard InChI is InChI=1S/C37H23N3O/c1-2-9-25(10-3-1)31-17-18-32(36-35(31)38-19-20-39-36)27-21-26(30-14-8-12-24-11-4-5-13-29(24)30)22-28(23-27)37-40-33-15-6-7-16-34(33)41-37/h1-23H. The van der Waals surface area contributed by atoms with E-state index < -0.39 is 0 Å². The van der Waals surface area contributed by atoms with Crippen LogP contribution in [0.15, 0.2) is 144 Å². The Labute approximate surface area is 236 Å². The molecule has 41 heavy (non-hydrogen) atoms. The van der Waals surface area contributed by atoms with Crippen molar-refractivity contribution in [3.8, 4) is 44.8 Å². The van der Waals surface area contributed by atoms with Crippen molar-refractivity contribution in [2.75, 3.05) is 0 Å². The minimum Gasteiger partial charge on any atom is -0.436 e. The van der Waals surface area contributed by atoms with Crippen LogP contribution in [0, 0.1) is 0 Å². The Balaban J connectivity index is 1.40. The normalized spacial score (nSPS) is 11.4. The van der Waals surface area contributed by atoms with Crippen molar-refractivity contribution in [1.29, 1.82) is 0 Å². The van der Waals surface area contributed by atoms with Gasteiger partial charge in [0.25, 0.3) is 0 Å². The van der Waals surface area contributed by atoms with E-state index in [1.54, 1.807) is 12.4 Å². The third kappa shape index (κ3) is 4.05. The van der Waals surface area contributed by atoms with Crippen LogP contribution < -0.4 is 0 Å². The van der Waals surface area contributed by atoms with Gasteiger partial charge < -0.3 is 4.42 Å².